The summed E-state index contributed by atoms with van der Waals surface area (Å²) >= 11 is 1.40. The van der Waals surface area contributed by atoms with Crippen LogP contribution in [-0.4, -0.2) is 16.8 Å². The summed E-state index contributed by atoms with van der Waals surface area (Å²) in [7, 11) is 0. The minimum atomic E-state index is -0.0875. The topological polar surface area (TPSA) is 84.2 Å². The van der Waals surface area contributed by atoms with Gasteiger partial charge in [0.05, 0.1) is 12.0 Å². The number of carbonyl (C=O) groups is 2. The van der Waals surface area contributed by atoms with Crippen molar-refractivity contribution in [1.29, 1.82) is 0 Å². The third-order valence-electron chi connectivity index (χ3n) is 4.23. The molecule has 0 unspecified atom stereocenters. The van der Waals surface area contributed by atoms with Gasteiger partial charge < -0.3 is 15.1 Å². The fraction of sp³-hybridized carbons (Fsp3) is 0.211. The first-order chi connectivity index (χ1) is 12.7. The molecule has 132 valence electrons. The van der Waals surface area contributed by atoms with Crippen LogP contribution in [0.3, 0.4) is 0 Å². The van der Waals surface area contributed by atoms with Gasteiger partial charge in [-0.3, -0.25) is 9.59 Å². The molecule has 1 aliphatic rings. The quantitative estimate of drug-likeness (QED) is 0.717. The number of fused-ring (bicyclic) bond motifs is 1. The fourth-order valence-corrected chi connectivity index (χ4v) is 3.62. The molecule has 0 fully saturated rings. The number of carbonyl (C=O) groups excluding carboxylic acids is 2. The van der Waals surface area contributed by atoms with Crippen LogP contribution in [0.5, 0.6) is 0 Å². The molecule has 0 atom stereocenters. The van der Waals surface area contributed by atoms with E-state index in [2.05, 4.69) is 15.6 Å². The van der Waals surface area contributed by atoms with Gasteiger partial charge in [0.15, 0.2) is 5.13 Å². The van der Waals surface area contributed by atoms with Gasteiger partial charge in [-0.05, 0) is 36.2 Å². The minimum absolute atomic E-state index is 0.0541. The number of nitrogens with zero attached hydrogens (tertiary/aromatic N) is 1. The van der Waals surface area contributed by atoms with E-state index in [-0.39, 0.29) is 11.8 Å². The van der Waals surface area contributed by atoms with E-state index >= 15 is 0 Å². The number of hydrogen-bond donors (Lipinski definition) is 2. The molecule has 0 aliphatic carbocycles. The summed E-state index contributed by atoms with van der Waals surface area (Å²) in [5.74, 6) is 0.759. The third-order valence-corrected chi connectivity index (χ3v) is 4.98. The lowest BCUT2D eigenvalue weighted by Gasteiger charge is -2.17. The monoisotopic (exact) mass is 367 g/mol. The number of furan rings is 1. The van der Waals surface area contributed by atoms with Gasteiger partial charge in [-0.2, -0.15) is 0 Å². The molecule has 2 N–H and O–H groups in total. The van der Waals surface area contributed by atoms with Crippen LogP contribution in [0.25, 0.3) is 11.3 Å². The van der Waals surface area contributed by atoms with E-state index < -0.39 is 0 Å². The van der Waals surface area contributed by atoms with Crippen molar-refractivity contribution in [3.63, 3.8) is 0 Å². The van der Waals surface area contributed by atoms with Crippen LogP contribution in [0.15, 0.2) is 46.4 Å². The number of benzene rings is 1. The van der Waals surface area contributed by atoms with Crippen molar-refractivity contribution in [3.05, 3.63) is 53.3 Å². The van der Waals surface area contributed by atoms with Crippen molar-refractivity contribution < 1.29 is 14.0 Å². The molecule has 1 aromatic carbocycles. The predicted molar refractivity (Wildman–Crippen MR) is 100 cm³/mol. The van der Waals surface area contributed by atoms with Gasteiger partial charge in [0, 0.05) is 35.9 Å². The Balaban J connectivity index is 1.41. The van der Waals surface area contributed by atoms with Gasteiger partial charge in [-0.25, -0.2) is 4.98 Å². The highest BCUT2D eigenvalue weighted by Gasteiger charge is 2.16. The van der Waals surface area contributed by atoms with Crippen LogP contribution in [0.4, 0.5) is 10.8 Å². The molecule has 0 saturated carbocycles. The molecule has 0 saturated heterocycles. The second kappa shape index (κ2) is 7.13. The highest BCUT2D eigenvalue weighted by Crippen LogP contribution is 2.30. The third kappa shape index (κ3) is 3.67. The Labute approximate surface area is 154 Å². The molecule has 3 heterocycles. The van der Waals surface area contributed by atoms with Crippen LogP contribution < -0.4 is 10.6 Å². The molecule has 0 bridgehead atoms. The first-order valence-corrected chi connectivity index (χ1v) is 9.26. The summed E-state index contributed by atoms with van der Waals surface area (Å²) in [4.78, 5) is 28.0. The summed E-state index contributed by atoms with van der Waals surface area (Å²) in [5, 5.41) is 8.21. The fourth-order valence-electron chi connectivity index (χ4n) is 2.88. The van der Waals surface area contributed by atoms with E-state index in [1.54, 1.807) is 6.26 Å². The number of thiazole rings is 1. The average Bonchev–Trinajstić information content (AvgIpc) is 3.31. The Hall–Kier alpha value is -2.93. The normalized spacial score (nSPS) is 13.2. The standard InChI is InChI=1S/C19H17N3O3S/c23-17-7-4-12-10-13(3-6-15(12)20-17)16-11-26-19(21-16)22-18(24)8-5-14-2-1-9-25-14/h1-3,6,9-11H,4-5,7-8H2,(H,20,23)(H,21,22,24). The Morgan fingerprint density at radius 1 is 1.31 bits per heavy atom. The summed E-state index contributed by atoms with van der Waals surface area (Å²) in [6.45, 7) is 0. The largest absolute Gasteiger partial charge is 0.469 e. The van der Waals surface area contributed by atoms with E-state index in [4.69, 9.17) is 4.42 Å². The number of aryl methyl sites for hydroxylation is 2. The number of amides is 2. The predicted octanol–water partition coefficient (Wildman–Crippen LogP) is 3.86. The molecule has 7 heteroatoms. The van der Waals surface area contributed by atoms with Crippen LogP contribution in [0.1, 0.15) is 24.2 Å². The zero-order valence-electron chi connectivity index (χ0n) is 14.0. The number of anilines is 2. The van der Waals surface area contributed by atoms with Gasteiger partial charge in [-0.15, -0.1) is 11.3 Å². The molecule has 2 amide bonds. The van der Waals surface area contributed by atoms with Gasteiger partial charge >= 0.3 is 0 Å². The van der Waals surface area contributed by atoms with Crippen molar-refractivity contribution in [3.8, 4) is 11.3 Å². The van der Waals surface area contributed by atoms with E-state index in [1.165, 1.54) is 11.3 Å². The van der Waals surface area contributed by atoms with Gasteiger partial charge in [0.1, 0.15) is 5.76 Å². The van der Waals surface area contributed by atoms with Gasteiger partial charge in [0.25, 0.3) is 0 Å². The Morgan fingerprint density at radius 2 is 2.23 bits per heavy atom. The van der Waals surface area contributed by atoms with E-state index in [0.29, 0.717) is 24.4 Å². The molecule has 26 heavy (non-hydrogen) atoms. The minimum Gasteiger partial charge on any atom is -0.469 e. The van der Waals surface area contributed by atoms with Crippen molar-refractivity contribution in [2.75, 3.05) is 10.6 Å². The first kappa shape index (κ1) is 16.5. The zero-order valence-corrected chi connectivity index (χ0v) is 14.8. The van der Waals surface area contributed by atoms with Crippen molar-refractivity contribution in [2.45, 2.75) is 25.7 Å². The highest BCUT2D eigenvalue weighted by molar-refractivity contribution is 7.14. The lowest BCUT2D eigenvalue weighted by Crippen LogP contribution is -2.18. The second-order valence-corrected chi connectivity index (χ2v) is 6.94. The SMILES string of the molecule is O=C(CCc1ccco1)Nc1nc(-c2ccc3c(c2)CCC(=O)N3)cs1. The van der Waals surface area contributed by atoms with E-state index in [1.807, 2.05) is 35.7 Å². The van der Waals surface area contributed by atoms with E-state index in [9.17, 15) is 9.59 Å². The summed E-state index contributed by atoms with van der Waals surface area (Å²) in [6, 6.07) is 9.55. The second-order valence-electron chi connectivity index (χ2n) is 6.09. The Kier molecular flexibility index (Phi) is 4.53. The Bertz CT molecular complexity index is 947. The van der Waals surface area contributed by atoms with Crippen molar-refractivity contribution in [2.24, 2.45) is 0 Å². The van der Waals surface area contributed by atoms with Crippen LogP contribution in [0.2, 0.25) is 0 Å². The van der Waals surface area contributed by atoms with Crippen molar-refractivity contribution >= 4 is 34.0 Å². The van der Waals surface area contributed by atoms with Gasteiger partial charge in [0.2, 0.25) is 11.8 Å². The first-order valence-electron chi connectivity index (χ1n) is 8.38. The molecular weight excluding hydrogens is 350 g/mol. The average molecular weight is 367 g/mol. The molecule has 3 aromatic rings. The van der Waals surface area contributed by atoms with Crippen LogP contribution in [0, 0.1) is 0 Å². The molecule has 0 radical (unpaired) electrons. The number of rotatable bonds is 5. The maximum Gasteiger partial charge on any atom is 0.226 e. The summed E-state index contributed by atoms with van der Waals surface area (Å²) in [6.07, 6.45) is 3.75. The smallest absolute Gasteiger partial charge is 0.226 e. The van der Waals surface area contributed by atoms with Crippen molar-refractivity contribution in [1.82, 2.24) is 4.98 Å². The molecule has 0 spiro atoms. The van der Waals surface area contributed by atoms with Gasteiger partial charge in [-0.1, -0.05) is 6.07 Å². The molecule has 4 rings (SSSR count). The number of aromatic nitrogens is 1. The molecule has 2 aromatic heterocycles. The lowest BCUT2D eigenvalue weighted by molar-refractivity contribution is -0.117. The van der Waals surface area contributed by atoms with Crippen LogP contribution in [-0.2, 0) is 22.4 Å². The molecule has 6 nitrogen and oxygen atoms in total. The van der Waals surface area contributed by atoms with Crippen LogP contribution >= 0.6 is 11.3 Å². The highest BCUT2D eigenvalue weighted by atomic mass is 32.1. The maximum absolute atomic E-state index is 12.0. The number of nitrogens with one attached hydrogen (secondary N) is 2. The molecule has 1 aliphatic heterocycles. The summed E-state index contributed by atoms with van der Waals surface area (Å²) < 4.78 is 5.23. The molecular formula is C19H17N3O3S. The zero-order chi connectivity index (χ0) is 17.9. The maximum atomic E-state index is 12.0. The number of hydrogen-bond acceptors (Lipinski definition) is 5. The summed E-state index contributed by atoms with van der Waals surface area (Å²) in [5.41, 5.74) is 3.77. The van der Waals surface area contributed by atoms with E-state index in [0.717, 1.165) is 34.7 Å². The lowest BCUT2D eigenvalue weighted by atomic mass is 9.99. The Morgan fingerprint density at radius 3 is 3.08 bits per heavy atom.